The number of ether oxygens (including phenoxy) is 1. The number of allylic oxidation sites excluding steroid dienone is 1. The first-order valence-corrected chi connectivity index (χ1v) is 8.18. The van der Waals surface area contributed by atoms with Gasteiger partial charge >= 0.3 is 0 Å². The van der Waals surface area contributed by atoms with Gasteiger partial charge < -0.3 is 14.6 Å². The number of methoxy groups -OCH3 is 1. The van der Waals surface area contributed by atoms with E-state index in [1.807, 2.05) is 36.4 Å². The minimum absolute atomic E-state index is 0.715. The summed E-state index contributed by atoms with van der Waals surface area (Å²) in [5.41, 5.74) is 1.93. The quantitative estimate of drug-likeness (QED) is 0.520. The first-order valence-electron chi connectivity index (χ1n) is 8.18. The fourth-order valence-corrected chi connectivity index (χ4v) is 2.53. The Labute approximate surface area is 138 Å². The fourth-order valence-electron chi connectivity index (χ4n) is 2.53. The Morgan fingerprint density at radius 1 is 1.35 bits per heavy atom. The van der Waals surface area contributed by atoms with Crippen LogP contribution >= 0.6 is 0 Å². The van der Waals surface area contributed by atoms with Gasteiger partial charge in [0, 0.05) is 18.2 Å². The molecule has 0 bridgehead atoms. The zero-order chi connectivity index (χ0) is 16.5. The second-order valence-electron chi connectivity index (χ2n) is 5.68. The molecule has 1 N–H and O–H groups in total. The largest absolute Gasteiger partial charge is 0.497 e. The van der Waals surface area contributed by atoms with Crippen molar-refractivity contribution < 1.29 is 9.26 Å². The summed E-state index contributed by atoms with van der Waals surface area (Å²) in [6, 6.07) is 9.76. The molecule has 23 heavy (non-hydrogen) atoms. The van der Waals surface area contributed by atoms with Gasteiger partial charge in [-0.1, -0.05) is 24.6 Å². The lowest BCUT2D eigenvalue weighted by atomic mass is 9.99. The van der Waals surface area contributed by atoms with Crippen molar-refractivity contribution >= 4 is 0 Å². The Balaban J connectivity index is 1.81. The van der Waals surface area contributed by atoms with Gasteiger partial charge in [0.15, 0.2) is 5.76 Å². The van der Waals surface area contributed by atoms with E-state index < -0.39 is 0 Å². The molecule has 124 valence electrons. The molecule has 0 aliphatic heterocycles. The maximum atomic E-state index is 5.42. The number of benzene rings is 1. The fraction of sp³-hybridized carbons (Fsp3) is 0.421. The number of hydrogen-bond donors (Lipinski definition) is 1. The maximum Gasteiger partial charge on any atom is 0.167 e. The maximum absolute atomic E-state index is 5.42. The lowest BCUT2D eigenvalue weighted by Gasteiger charge is -2.12. The first kappa shape index (κ1) is 17.3. The Bertz CT molecular complexity index is 590. The lowest BCUT2D eigenvalue weighted by molar-refractivity contribution is 0.412. The van der Waals surface area contributed by atoms with E-state index in [0.717, 1.165) is 48.7 Å². The van der Waals surface area contributed by atoms with Crippen molar-refractivity contribution in [1.82, 2.24) is 10.5 Å². The molecule has 0 saturated carbocycles. The second kappa shape index (κ2) is 9.16. The van der Waals surface area contributed by atoms with Crippen LogP contribution in [0.25, 0.3) is 11.3 Å². The SMILES string of the molecule is C=CCC(CC)CCNCc1cc(-c2ccc(OC)cc2)on1. The Kier molecular flexibility index (Phi) is 6.88. The van der Waals surface area contributed by atoms with Crippen LogP contribution in [0.2, 0.25) is 0 Å². The zero-order valence-corrected chi connectivity index (χ0v) is 14.0. The predicted molar refractivity (Wildman–Crippen MR) is 93.4 cm³/mol. The molecule has 4 nitrogen and oxygen atoms in total. The molecular formula is C19H26N2O2. The normalized spacial score (nSPS) is 12.1. The summed E-state index contributed by atoms with van der Waals surface area (Å²) in [5, 5.41) is 7.55. The van der Waals surface area contributed by atoms with Gasteiger partial charge in [-0.15, -0.1) is 6.58 Å². The molecular weight excluding hydrogens is 288 g/mol. The van der Waals surface area contributed by atoms with E-state index in [1.165, 1.54) is 6.42 Å². The van der Waals surface area contributed by atoms with Gasteiger partial charge in [0.25, 0.3) is 0 Å². The minimum Gasteiger partial charge on any atom is -0.497 e. The summed E-state index contributed by atoms with van der Waals surface area (Å²) >= 11 is 0. The molecule has 1 unspecified atom stereocenters. The molecule has 0 aliphatic carbocycles. The van der Waals surface area contributed by atoms with Crippen LogP contribution in [-0.4, -0.2) is 18.8 Å². The highest BCUT2D eigenvalue weighted by atomic mass is 16.5. The molecule has 0 amide bonds. The molecule has 1 atom stereocenters. The highest BCUT2D eigenvalue weighted by Crippen LogP contribution is 2.23. The van der Waals surface area contributed by atoms with Gasteiger partial charge in [0.1, 0.15) is 5.75 Å². The van der Waals surface area contributed by atoms with Crippen molar-refractivity contribution in [2.75, 3.05) is 13.7 Å². The average Bonchev–Trinajstić information content (AvgIpc) is 3.06. The van der Waals surface area contributed by atoms with E-state index >= 15 is 0 Å². The molecule has 1 aromatic heterocycles. The van der Waals surface area contributed by atoms with Crippen molar-refractivity contribution in [1.29, 1.82) is 0 Å². The summed E-state index contributed by atoms with van der Waals surface area (Å²) in [6.07, 6.45) is 5.45. The number of nitrogens with zero attached hydrogens (tertiary/aromatic N) is 1. The molecule has 0 spiro atoms. The third-order valence-corrected chi connectivity index (χ3v) is 4.05. The average molecular weight is 314 g/mol. The molecule has 0 radical (unpaired) electrons. The molecule has 4 heteroatoms. The van der Waals surface area contributed by atoms with Crippen LogP contribution in [0.3, 0.4) is 0 Å². The van der Waals surface area contributed by atoms with Crippen molar-refractivity contribution in [2.24, 2.45) is 5.92 Å². The number of nitrogens with one attached hydrogen (secondary N) is 1. The van der Waals surface area contributed by atoms with Crippen LogP contribution in [-0.2, 0) is 6.54 Å². The van der Waals surface area contributed by atoms with E-state index in [0.29, 0.717) is 5.92 Å². The first-order chi connectivity index (χ1) is 11.3. The van der Waals surface area contributed by atoms with Crippen LogP contribution in [0.4, 0.5) is 0 Å². The zero-order valence-electron chi connectivity index (χ0n) is 14.0. The van der Waals surface area contributed by atoms with E-state index in [-0.39, 0.29) is 0 Å². The van der Waals surface area contributed by atoms with Crippen LogP contribution in [0.5, 0.6) is 5.75 Å². The summed E-state index contributed by atoms with van der Waals surface area (Å²) in [6.45, 7) is 7.75. The summed E-state index contributed by atoms with van der Waals surface area (Å²) in [4.78, 5) is 0. The molecule has 0 saturated heterocycles. The number of hydrogen-bond acceptors (Lipinski definition) is 4. The van der Waals surface area contributed by atoms with Crippen molar-refractivity contribution in [3.63, 3.8) is 0 Å². The predicted octanol–water partition coefficient (Wildman–Crippen LogP) is 4.43. The molecule has 0 aliphatic rings. The van der Waals surface area contributed by atoms with Gasteiger partial charge in [0.05, 0.1) is 12.8 Å². The summed E-state index contributed by atoms with van der Waals surface area (Å²) < 4.78 is 10.6. The smallest absolute Gasteiger partial charge is 0.167 e. The van der Waals surface area contributed by atoms with Gasteiger partial charge in [-0.2, -0.15) is 0 Å². The van der Waals surface area contributed by atoms with Gasteiger partial charge in [-0.3, -0.25) is 0 Å². The highest BCUT2D eigenvalue weighted by molar-refractivity contribution is 5.58. The highest BCUT2D eigenvalue weighted by Gasteiger charge is 2.08. The van der Waals surface area contributed by atoms with Crippen molar-refractivity contribution in [3.8, 4) is 17.1 Å². The van der Waals surface area contributed by atoms with Crippen LogP contribution < -0.4 is 10.1 Å². The molecule has 2 aromatic rings. The second-order valence-corrected chi connectivity index (χ2v) is 5.68. The monoisotopic (exact) mass is 314 g/mol. The van der Waals surface area contributed by atoms with Gasteiger partial charge in [0.2, 0.25) is 0 Å². The third kappa shape index (κ3) is 5.25. The van der Waals surface area contributed by atoms with E-state index in [9.17, 15) is 0 Å². The van der Waals surface area contributed by atoms with Crippen LogP contribution in [0.15, 0.2) is 47.5 Å². The van der Waals surface area contributed by atoms with E-state index in [2.05, 4.69) is 24.0 Å². The van der Waals surface area contributed by atoms with Crippen molar-refractivity contribution in [2.45, 2.75) is 32.7 Å². The van der Waals surface area contributed by atoms with Gasteiger partial charge in [-0.05, 0) is 49.6 Å². The number of rotatable bonds is 10. The van der Waals surface area contributed by atoms with Crippen molar-refractivity contribution in [3.05, 3.63) is 48.7 Å². The Hall–Kier alpha value is -2.07. The Morgan fingerprint density at radius 3 is 2.78 bits per heavy atom. The van der Waals surface area contributed by atoms with E-state index in [4.69, 9.17) is 9.26 Å². The number of aromatic nitrogens is 1. The summed E-state index contributed by atoms with van der Waals surface area (Å²) in [7, 11) is 1.66. The standard InChI is InChI=1S/C19H26N2O2/c1-4-6-15(5-2)11-12-20-14-17-13-19(23-21-17)16-7-9-18(22-3)10-8-16/h4,7-10,13,15,20H,1,5-6,11-12,14H2,2-3H3. The molecule has 1 heterocycles. The third-order valence-electron chi connectivity index (χ3n) is 4.05. The lowest BCUT2D eigenvalue weighted by Crippen LogP contribution is -2.17. The summed E-state index contributed by atoms with van der Waals surface area (Å²) in [5.74, 6) is 2.33. The molecule has 1 aromatic carbocycles. The Morgan fingerprint density at radius 2 is 2.13 bits per heavy atom. The minimum atomic E-state index is 0.715. The van der Waals surface area contributed by atoms with Crippen LogP contribution in [0.1, 0.15) is 31.9 Å². The topological polar surface area (TPSA) is 47.3 Å². The molecule has 0 fully saturated rings. The van der Waals surface area contributed by atoms with E-state index in [1.54, 1.807) is 7.11 Å². The van der Waals surface area contributed by atoms with Crippen LogP contribution in [0, 0.1) is 5.92 Å². The molecule has 2 rings (SSSR count). The van der Waals surface area contributed by atoms with Gasteiger partial charge in [-0.25, -0.2) is 0 Å².